The van der Waals surface area contributed by atoms with Crippen LogP contribution in [0.15, 0.2) is 30.3 Å². The summed E-state index contributed by atoms with van der Waals surface area (Å²) < 4.78 is 0. The SMILES string of the molecule is CCC(C)C(NC(=O)CN)C(=O)NC(Cc1ccccc1)C(=O)NC(CCC(N)=O)C(=O)O. The van der Waals surface area contributed by atoms with Crippen LogP contribution in [0.3, 0.4) is 0 Å². The average molecular weight is 464 g/mol. The van der Waals surface area contributed by atoms with Crippen LogP contribution in [0.4, 0.5) is 0 Å². The van der Waals surface area contributed by atoms with E-state index in [-0.39, 0.29) is 31.7 Å². The molecule has 0 saturated heterocycles. The molecule has 0 aliphatic rings. The number of aliphatic carboxylic acids is 1. The van der Waals surface area contributed by atoms with E-state index >= 15 is 0 Å². The second-order valence-corrected chi connectivity index (χ2v) is 7.79. The monoisotopic (exact) mass is 463 g/mol. The molecule has 4 amide bonds. The molecule has 4 atom stereocenters. The van der Waals surface area contributed by atoms with Gasteiger partial charge in [-0.1, -0.05) is 50.6 Å². The number of rotatable bonds is 14. The van der Waals surface area contributed by atoms with Gasteiger partial charge in [0.15, 0.2) is 0 Å². The van der Waals surface area contributed by atoms with Crippen LogP contribution in [0.5, 0.6) is 0 Å². The Bertz CT molecular complexity index is 832. The molecule has 182 valence electrons. The predicted molar refractivity (Wildman–Crippen MR) is 121 cm³/mol. The average Bonchev–Trinajstić information content (AvgIpc) is 2.78. The standard InChI is InChI=1S/C22H33N5O6/c1-3-13(2)19(27-18(29)12-23)21(31)26-16(11-14-7-5-4-6-8-14)20(30)25-15(22(32)33)9-10-17(24)28/h4-8,13,15-16,19H,3,9-12,23H2,1-2H3,(H2,24,28)(H,25,30)(H,26,31)(H,27,29)(H,32,33). The Hall–Kier alpha value is -3.47. The van der Waals surface area contributed by atoms with Crippen molar-refractivity contribution >= 4 is 29.6 Å². The van der Waals surface area contributed by atoms with Crippen molar-refractivity contribution in [1.82, 2.24) is 16.0 Å². The summed E-state index contributed by atoms with van der Waals surface area (Å²) in [4.78, 5) is 60.3. The summed E-state index contributed by atoms with van der Waals surface area (Å²) in [6, 6.07) is 5.43. The van der Waals surface area contributed by atoms with Crippen molar-refractivity contribution < 1.29 is 29.1 Å². The van der Waals surface area contributed by atoms with Gasteiger partial charge in [0, 0.05) is 12.8 Å². The molecule has 0 saturated carbocycles. The van der Waals surface area contributed by atoms with Crippen molar-refractivity contribution in [1.29, 1.82) is 0 Å². The highest BCUT2D eigenvalue weighted by Crippen LogP contribution is 2.10. The molecule has 0 aromatic heterocycles. The number of carbonyl (C=O) groups excluding carboxylic acids is 4. The molecule has 0 spiro atoms. The summed E-state index contributed by atoms with van der Waals surface area (Å²) in [5.74, 6) is -4.12. The predicted octanol–water partition coefficient (Wildman–Crippen LogP) is -0.962. The van der Waals surface area contributed by atoms with Gasteiger partial charge in [0.1, 0.15) is 18.1 Å². The van der Waals surface area contributed by atoms with E-state index in [1.165, 1.54) is 0 Å². The lowest BCUT2D eigenvalue weighted by Gasteiger charge is -2.27. The molecule has 0 radical (unpaired) electrons. The molecule has 0 aliphatic heterocycles. The second-order valence-electron chi connectivity index (χ2n) is 7.79. The van der Waals surface area contributed by atoms with Crippen LogP contribution in [0.1, 0.15) is 38.7 Å². The van der Waals surface area contributed by atoms with Crippen LogP contribution >= 0.6 is 0 Å². The van der Waals surface area contributed by atoms with Crippen molar-refractivity contribution in [2.45, 2.75) is 57.7 Å². The topological polar surface area (TPSA) is 194 Å². The van der Waals surface area contributed by atoms with Crippen molar-refractivity contribution in [2.24, 2.45) is 17.4 Å². The molecule has 33 heavy (non-hydrogen) atoms. The van der Waals surface area contributed by atoms with Crippen molar-refractivity contribution in [2.75, 3.05) is 6.54 Å². The Morgan fingerprint density at radius 1 is 0.970 bits per heavy atom. The zero-order valence-corrected chi connectivity index (χ0v) is 18.9. The molecular formula is C22H33N5O6. The number of carbonyl (C=O) groups is 5. The molecule has 1 aromatic rings. The van der Waals surface area contributed by atoms with Gasteiger partial charge in [-0.25, -0.2) is 4.79 Å². The van der Waals surface area contributed by atoms with Gasteiger partial charge in [0.25, 0.3) is 0 Å². The highest BCUT2D eigenvalue weighted by molar-refractivity contribution is 5.94. The fraction of sp³-hybridized carbons (Fsp3) is 0.500. The third kappa shape index (κ3) is 9.69. The molecule has 11 nitrogen and oxygen atoms in total. The number of nitrogens with one attached hydrogen (secondary N) is 3. The van der Waals surface area contributed by atoms with Crippen molar-refractivity contribution in [3.05, 3.63) is 35.9 Å². The van der Waals surface area contributed by atoms with E-state index in [1.807, 2.05) is 6.92 Å². The van der Waals surface area contributed by atoms with E-state index in [4.69, 9.17) is 11.5 Å². The fourth-order valence-corrected chi connectivity index (χ4v) is 3.07. The van der Waals surface area contributed by atoms with Crippen LogP contribution in [-0.2, 0) is 30.4 Å². The zero-order chi connectivity index (χ0) is 25.0. The molecular weight excluding hydrogens is 430 g/mol. The van der Waals surface area contributed by atoms with E-state index < -0.39 is 47.7 Å². The lowest BCUT2D eigenvalue weighted by Crippen LogP contribution is -2.58. The van der Waals surface area contributed by atoms with Crippen LogP contribution < -0.4 is 27.4 Å². The number of hydrogen-bond acceptors (Lipinski definition) is 6. The van der Waals surface area contributed by atoms with Crippen LogP contribution in [-0.4, -0.2) is 59.4 Å². The summed E-state index contributed by atoms with van der Waals surface area (Å²) in [6.45, 7) is 3.33. The molecule has 0 bridgehead atoms. The van der Waals surface area contributed by atoms with Gasteiger partial charge < -0.3 is 32.5 Å². The van der Waals surface area contributed by atoms with E-state index in [1.54, 1.807) is 37.3 Å². The number of carboxylic acid groups (broad SMARTS) is 1. The van der Waals surface area contributed by atoms with Gasteiger partial charge >= 0.3 is 5.97 Å². The Morgan fingerprint density at radius 3 is 2.09 bits per heavy atom. The van der Waals surface area contributed by atoms with Crippen molar-refractivity contribution in [3.63, 3.8) is 0 Å². The third-order valence-electron chi connectivity index (χ3n) is 5.21. The van der Waals surface area contributed by atoms with E-state index in [9.17, 15) is 29.1 Å². The van der Waals surface area contributed by atoms with Crippen LogP contribution in [0.2, 0.25) is 0 Å². The van der Waals surface area contributed by atoms with E-state index in [0.717, 1.165) is 5.56 Å². The maximum atomic E-state index is 13.0. The fourth-order valence-electron chi connectivity index (χ4n) is 3.07. The summed E-state index contributed by atoms with van der Waals surface area (Å²) in [6.07, 6.45) is 0.240. The smallest absolute Gasteiger partial charge is 0.326 e. The van der Waals surface area contributed by atoms with Gasteiger partial charge in [0.05, 0.1) is 6.54 Å². The molecule has 0 aliphatic carbocycles. The maximum absolute atomic E-state index is 13.0. The van der Waals surface area contributed by atoms with Gasteiger partial charge in [-0.05, 0) is 17.9 Å². The summed E-state index contributed by atoms with van der Waals surface area (Å²) in [7, 11) is 0. The molecule has 11 heteroatoms. The highest BCUT2D eigenvalue weighted by atomic mass is 16.4. The normalized spacial score (nSPS) is 14.3. The summed E-state index contributed by atoms with van der Waals surface area (Å²) in [5, 5.41) is 16.9. The summed E-state index contributed by atoms with van der Waals surface area (Å²) >= 11 is 0. The Labute approximate surface area is 192 Å². The molecule has 1 rings (SSSR count). The lowest BCUT2D eigenvalue weighted by molar-refractivity contribution is -0.142. The third-order valence-corrected chi connectivity index (χ3v) is 5.21. The Kier molecular flexibility index (Phi) is 11.6. The van der Waals surface area contributed by atoms with Gasteiger partial charge in [-0.15, -0.1) is 0 Å². The second kappa shape index (κ2) is 13.8. The van der Waals surface area contributed by atoms with Crippen LogP contribution in [0.25, 0.3) is 0 Å². The molecule has 8 N–H and O–H groups in total. The van der Waals surface area contributed by atoms with Crippen LogP contribution in [0, 0.1) is 5.92 Å². The molecule has 1 aromatic carbocycles. The van der Waals surface area contributed by atoms with Gasteiger partial charge in [-0.2, -0.15) is 0 Å². The van der Waals surface area contributed by atoms with E-state index in [0.29, 0.717) is 6.42 Å². The quantitative estimate of drug-likeness (QED) is 0.204. The Balaban J connectivity index is 3.10. The number of amides is 4. The number of carboxylic acids is 1. The number of benzene rings is 1. The number of nitrogens with two attached hydrogens (primary N) is 2. The molecule has 4 unspecified atom stereocenters. The lowest BCUT2D eigenvalue weighted by atomic mass is 9.97. The highest BCUT2D eigenvalue weighted by Gasteiger charge is 2.31. The first kappa shape index (κ1) is 27.6. The zero-order valence-electron chi connectivity index (χ0n) is 18.9. The molecule has 0 fully saturated rings. The van der Waals surface area contributed by atoms with E-state index in [2.05, 4.69) is 16.0 Å². The largest absolute Gasteiger partial charge is 0.480 e. The minimum absolute atomic E-state index is 0.0820. The number of primary amides is 1. The first-order valence-corrected chi connectivity index (χ1v) is 10.7. The maximum Gasteiger partial charge on any atom is 0.326 e. The first-order valence-electron chi connectivity index (χ1n) is 10.7. The Morgan fingerprint density at radius 2 is 1.58 bits per heavy atom. The minimum atomic E-state index is -1.36. The molecule has 0 heterocycles. The summed E-state index contributed by atoms with van der Waals surface area (Å²) in [5.41, 5.74) is 11.2. The van der Waals surface area contributed by atoms with Crippen molar-refractivity contribution in [3.8, 4) is 0 Å². The number of hydrogen-bond donors (Lipinski definition) is 6. The first-order chi connectivity index (χ1) is 15.6. The van der Waals surface area contributed by atoms with Gasteiger partial charge in [0.2, 0.25) is 23.6 Å². The van der Waals surface area contributed by atoms with Gasteiger partial charge in [-0.3, -0.25) is 19.2 Å². The minimum Gasteiger partial charge on any atom is -0.480 e.